The summed E-state index contributed by atoms with van der Waals surface area (Å²) in [5, 5.41) is 29.6. The van der Waals surface area contributed by atoms with Gasteiger partial charge < -0.3 is 15.3 Å². The maximum Gasteiger partial charge on any atom is 0.331 e. The second kappa shape index (κ2) is 4.67. The monoisotopic (exact) mass is 281 g/mol. The maximum absolute atomic E-state index is 11.2. The van der Waals surface area contributed by atoms with E-state index in [1.54, 1.807) is 6.92 Å². The van der Waals surface area contributed by atoms with Crippen LogP contribution in [0.25, 0.3) is 0 Å². The van der Waals surface area contributed by atoms with Crippen LogP contribution in [0.1, 0.15) is 33.6 Å². The molecule has 20 heavy (non-hydrogen) atoms. The van der Waals surface area contributed by atoms with Crippen molar-refractivity contribution in [2.24, 2.45) is 22.2 Å². The highest BCUT2D eigenvalue weighted by Crippen LogP contribution is 2.61. The Morgan fingerprint density at radius 1 is 1.50 bits per heavy atom. The summed E-state index contributed by atoms with van der Waals surface area (Å²) in [5.41, 5.74) is -0.558. The molecule has 0 aromatic carbocycles. The minimum atomic E-state index is -1.30. The topological polar surface area (TPSA) is 90.1 Å². The lowest BCUT2D eigenvalue weighted by molar-refractivity contribution is -0.141. The van der Waals surface area contributed by atoms with Gasteiger partial charge in [0.15, 0.2) is 6.04 Å². The fourth-order valence-corrected chi connectivity index (χ4v) is 3.72. The Balaban J connectivity index is 2.31. The van der Waals surface area contributed by atoms with Crippen LogP contribution in [-0.2, 0) is 4.79 Å². The third kappa shape index (κ3) is 2.09. The van der Waals surface area contributed by atoms with Gasteiger partial charge in [-0.2, -0.15) is 0 Å². The summed E-state index contributed by atoms with van der Waals surface area (Å²) >= 11 is 0. The number of aliphatic hydroxyl groups excluding tert-OH is 1. The Morgan fingerprint density at radius 3 is 2.50 bits per heavy atom. The summed E-state index contributed by atoms with van der Waals surface area (Å²) in [6.45, 7) is 9.35. The van der Waals surface area contributed by atoms with E-state index < -0.39 is 23.7 Å². The molecule has 3 rings (SSSR count). The number of carboxylic acids is 1. The van der Waals surface area contributed by atoms with E-state index in [-0.39, 0.29) is 11.3 Å². The number of carbonyl (C=O) groups is 1. The van der Waals surface area contributed by atoms with Crippen LogP contribution in [0, 0.1) is 17.3 Å². The average Bonchev–Trinajstić information content (AvgIpc) is 2.34. The number of nitrogens with zero attached hydrogens (tertiary/aromatic N) is 1. The van der Waals surface area contributed by atoms with Crippen LogP contribution in [0.3, 0.4) is 0 Å². The van der Waals surface area contributed by atoms with Gasteiger partial charge in [-0.05, 0) is 37.0 Å². The highest BCUT2D eigenvalue weighted by atomic mass is 16.4. The second-order valence-electron chi connectivity index (χ2n) is 6.74. The van der Waals surface area contributed by atoms with Crippen molar-refractivity contribution in [3.63, 3.8) is 0 Å². The molecule has 3 saturated carbocycles. The van der Waals surface area contributed by atoms with Crippen LogP contribution in [0.5, 0.6) is 0 Å². The smallest absolute Gasteiger partial charge is 0.331 e. The van der Waals surface area contributed by atoms with Crippen LogP contribution in [-0.4, -0.2) is 44.7 Å². The molecule has 3 fully saturated rings. The zero-order valence-electron chi connectivity index (χ0n) is 12.2. The van der Waals surface area contributed by atoms with E-state index in [0.717, 1.165) is 12.5 Å². The predicted molar refractivity (Wildman–Crippen MR) is 75.7 cm³/mol. The van der Waals surface area contributed by atoms with Crippen molar-refractivity contribution in [2.75, 3.05) is 0 Å². The van der Waals surface area contributed by atoms with Gasteiger partial charge in [-0.25, -0.2) is 4.79 Å². The Kier molecular flexibility index (Phi) is 3.55. The molecule has 5 atom stereocenters. The summed E-state index contributed by atoms with van der Waals surface area (Å²) in [7, 11) is 0. The van der Waals surface area contributed by atoms with Crippen LogP contribution < -0.4 is 0 Å². The molecule has 3 unspecified atom stereocenters. The highest BCUT2D eigenvalue weighted by molar-refractivity contribution is 5.96. The molecule has 112 valence electrons. The van der Waals surface area contributed by atoms with Gasteiger partial charge in [-0.15, -0.1) is 6.58 Å². The number of aliphatic imine (C=N–C) groups is 1. The first-order chi connectivity index (χ1) is 9.12. The fraction of sp³-hybridized carbons (Fsp3) is 0.733. The minimum absolute atomic E-state index is 0.0539. The maximum atomic E-state index is 11.2. The fourth-order valence-electron chi connectivity index (χ4n) is 3.72. The molecule has 0 spiro atoms. The van der Waals surface area contributed by atoms with Gasteiger partial charge in [-0.3, -0.25) is 4.99 Å². The Hall–Kier alpha value is -1.20. The number of hydrogen-bond donors (Lipinski definition) is 3. The van der Waals surface area contributed by atoms with Crippen LogP contribution >= 0.6 is 0 Å². The molecule has 0 aromatic heterocycles. The second-order valence-corrected chi connectivity index (χ2v) is 6.74. The lowest BCUT2D eigenvalue weighted by Crippen LogP contribution is -2.65. The van der Waals surface area contributed by atoms with E-state index in [1.165, 1.54) is 0 Å². The van der Waals surface area contributed by atoms with Crippen molar-refractivity contribution >= 4 is 11.7 Å². The van der Waals surface area contributed by atoms with Crippen molar-refractivity contribution in [2.45, 2.75) is 51.4 Å². The van der Waals surface area contributed by atoms with Crippen molar-refractivity contribution in [3.8, 4) is 0 Å². The van der Waals surface area contributed by atoms with Crippen LogP contribution in [0.2, 0.25) is 0 Å². The Bertz CT molecular complexity index is 466. The lowest BCUT2D eigenvalue weighted by Gasteiger charge is -2.62. The Labute approximate surface area is 119 Å². The van der Waals surface area contributed by atoms with E-state index in [4.69, 9.17) is 5.11 Å². The molecule has 3 N–H and O–H groups in total. The molecule has 3 aliphatic carbocycles. The summed E-state index contributed by atoms with van der Waals surface area (Å²) in [4.78, 5) is 15.4. The van der Waals surface area contributed by atoms with Gasteiger partial charge in [0, 0.05) is 5.71 Å². The van der Waals surface area contributed by atoms with Gasteiger partial charge in [0.25, 0.3) is 0 Å². The lowest BCUT2D eigenvalue weighted by atomic mass is 9.44. The van der Waals surface area contributed by atoms with Gasteiger partial charge >= 0.3 is 5.97 Å². The molecule has 0 heterocycles. The third-order valence-corrected chi connectivity index (χ3v) is 5.29. The molecule has 0 aliphatic heterocycles. The molecule has 0 saturated heterocycles. The molecule has 5 heteroatoms. The number of fused-ring (bicyclic) bond motifs is 2. The summed E-state index contributed by atoms with van der Waals surface area (Å²) in [5.74, 6) is -0.705. The number of aliphatic hydroxyl groups is 2. The highest BCUT2D eigenvalue weighted by Gasteiger charge is 2.61. The molecule has 0 radical (unpaired) electrons. The summed E-state index contributed by atoms with van der Waals surface area (Å²) in [6.07, 6.45) is 1.44. The SMILES string of the molecule is C=C[C@@H](O)C(/N=C1/CC2CC(C2(C)C)[C@@]1(C)O)C(=O)O. The van der Waals surface area contributed by atoms with Crippen LogP contribution in [0.4, 0.5) is 0 Å². The molecular weight excluding hydrogens is 258 g/mol. The molecule has 3 aliphatic rings. The average molecular weight is 281 g/mol. The molecule has 2 bridgehead atoms. The van der Waals surface area contributed by atoms with E-state index in [2.05, 4.69) is 25.4 Å². The Morgan fingerprint density at radius 2 is 2.10 bits per heavy atom. The molecule has 5 nitrogen and oxygen atoms in total. The number of carboxylic acid groups (broad SMARTS) is 1. The van der Waals surface area contributed by atoms with Crippen molar-refractivity contribution in [1.82, 2.24) is 0 Å². The van der Waals surface area contributed by atoms with Crippen molar-refractivity contribution in [1.29, 1.82) is 0 Å². The zero-order chi connectivity index (χ0) is 15.3. The van der Waals surface area contributed by atoms with Gasteiger partial charge in [0.2, 0.25) is 0 Å². The van der Waals surface area contributed by atoms with Crippen LogP contribution in [0.15, 0.2) is 17.6 Å². The van der Waals surface area contributed by atoms with Gasteiger partial charge in [-0.1, -0.05) is 19.9 Å². The number of aliphatic carboxylic acids is 1. The van der Waals surface area contributed by atoms with Gasteiger partial charge in [0.05, 0.1) is 0 Å². The molecular formula is C15H23NO4. The normalized spacial score (nSPS) is 39.8. The largest absolute Gasteiger partial charge is 0.480 e. The van der Waals surface area contributed by atoms with Crippen molar-refractivity contribution in [3.05, 3.63) is 12.7 Å². The molecule has 0 aromatic rings. The zero-order valence-corrected chi connectivity index (χ0v) is 12.2. The number of hydrogen-bond acceptors (Lipinski definition) is 4. The summed E-state index contributed by atoms with van der Waals surface area (Å²) in [6, 6.07) is -1.30. The van der Waals surface area contributed by atoms with E-state index in [0.29, 0.717) is 18.1 Å². The third-order valence-electron chi connectivity index (χ3n) is 5.29. The minimum Gasteiger partial charge on any atom is -0.480 e. The first-order valence-electron chi connectivity index (χ1n) is 6.95. The van der Waals surface area contributed by atoms with E-state index in [1.807, 2.05) is 0 Å². The van der Waals surface area contributed by atoms with Gasteiger partial charge in [0.1, 0.15) is 11.7 Å². The number of rotatable bonds is 4. The molecule has 0 amide bonds. The first kappa shape index (κ1) is 15.2. The standard InChI is InChI=1S/C15H23NO4/c1-5-9(17)12(13(18)19)16-11-7-8-6-10(14(8,2)3)15(11,4)20/h5,8-10,12,17,20H,1,6-7H2,2-4H3,(H,18,19)/b16-11-/t8?,9-,10?,12?,15-/m1/s1. The predicted octanol–water partition coefficient (Wildman–Crippen LogP) is 1.24. The van der Waals surface area contributed by atoms with E-state index in [9.17, 15) is 15.0 Å². The summed E-state index contributed by atoms with van der Waals surface area (Å²) < 4.78 is 0. The van der Waals surface area contributed by atoms with E-state index >= 15 is 0 Å². The quantitative estimate of drug-likeness (QED) is 0.676. The van der Waals surface area contributed by atoms with Crippen molar-refractivity contribution < 1.29 is 20.1 Å². The first-order valence-corrected chi connectivity index (χ1v) is 6.95.